The van der Waals surface area contributed by atoms with Gasteiger partial charge in [-0.25, -0.2) is 0 Å². The predicted molar refractivity (Wildman–Crippen MR) is 84.6 cm³/mol. The molecule has 5 nitrogen and oxygen atoms in total. The first kappa shape index (κ1) is 15.8. The molecule has 2 atom stereocenters. The van der Waals surface area contributed by atoms with Gasteiger partial charge in [0.25, 0.3) is 0 Å². The van der Waals surface area contributed by atoms with Gasteiger partial charge in [0.2, 0.25) is 11.8 Å². The van der Waals surface area contributed by atoms with Crippen molar-refractivity contribution in [3.8, 4) is 0 Å². The van der Waals surface area contributed by atoms with Crippen LogP contribution in [-0.2, 0) is 9.59 Å². The highest BCUT2D eigenvalue weighted by molar-refractivity contribution is 6.34. The third-order valence-electron chi connectivity index (χ3n) is 3.64. The van der Waals surface area contributed by atoms with Crippen molar-refractivity contribution < 1.29 is 9.59 Å². The van der Waals surface area contributed by atoms with Crippen molar-refractivity contribution in [2.45, 2.75) is 32.7 Å². The molecule has 21 heavy (non-hydrogen) atoms. The summed E-state index contributed by atoms with van der Waals surface area (Å²) in [5.41, 5.74) is 1.13. The van der Waals surface area contributed by atoms with Gasteiger partial charge in [0.05, 0.1) is 16.8 Å². The minimum absolute atomic E-state index is 0.0827. The van der Waals surface area contributed by atoms with Crippen LogP contribution in [0.1, 0.15) is 26.7 Å². The Kier molecular flexibility index (Phi) is 5.20. The lowest BCUT2D eigenvalue weighted by Crippen LogP contribution is -2.39. The third kappa shape index (κ3) is 3.95. The second kappa shape index (κ2) is 6.91. The first-order valence-corrected chi connectivity index (χ1v) is 7.52. The Labute approximate surface area is 129 Å². The molecule has 114 valence electrons. The summed E-state index contributed by atoms with van der Waals surface area (Å²) in [5.74, 6) is 0.119. The summed E-state index contributed by atoms with van der Waals surface area (Å²) in [5, 5.41) is 9.20. The third-order valence-corrected chi connectivity index (χ3v) is 3.97. The van der Waals surface area contributed by atoms with Crippen molar-refractivity contribution in [3.63, 3.8) is 0 Å². The van der Waals surface area contributed by atoms with Crippen LogP contribution in [0.2, 0.25) is 5.02 Å². The van der Waals surface area contributed by atoms with E-state index in [-0.39, 0.29) is 17.9 Å². The molecule has 0 bridgehead atoms. The Bertz CT molecular complexity index is 548. The molecule has 1 heterocycles. The van der Waals surface area contributed by atoms with Crippen LogP contribution >= 0.6 is 11.6 Å². The minimum atomic E-state index is -0.199. The summed E-state index contributed by atoms with van der Waals surface area (Å²) in [7, 11) is 0. The van der Waals surface area contributed by atoms with E-state index in [0.717, 1.165) is 13.0 Å². The molecule has 3 N–H and O–H groups in total. The number of benzene rings is 1. The Morgan fingerprint density at radius 3 is 2.76 bits per heavy atom. The summed E-state index contributed by atoms with van der Waals surface area (Å²) in [4.78, 5) is 23.7. The number of hydrogen-bond donors (Lipinski definition) is 3. The van der Waals surface area contributed by atoms with Gasteiger partial charge in [-0.05, 0) is 37.1 Å². The molecule has 2 rings (SSSR count). The Balaban J connectivity index is 2.09. The number of halogens is 1. The first-order chi connectivity index (χ1) is 10.0. The summed E-state index contributed by atoms with van der Waals surface area (Å²) in [6, 6.07) is 4.85. The van der Waals surface area contributed by atoms with E-state index in [0.29, 0.717) is 28.7 Å². The molecule has 1 aromatic carbocycles. The molecule has 1 aliphatic heterocycles. The molecule has 6 heteroatoms. The maximum Gasteiger partial charge on any atom is 0.241 e. The fraction of sp³-hybridized carbons (Fsp3) is 0.467. The first-order valence-electron chi connectivity index (χ1n) is 7.15. The van der Waals surface area contributed by atoms with E-state index < -0.39 is 0 Å². The van der Waals surface area contributed by atoms with Gasteiger partial charge in [0.1, 0.15) is 0 Å². The van der Waals surface area contributed by atoms with Crippen LogP contribution in [0.25, 0.3) is 0 Å². The van der Waals surface area contributed by atoms with Crippen molar-refractivity contribution in [2.75, 3.05) is 17.2 Å². The highest BCUT2D eigenvalue weighted by Crippen LogP contribution is 2.26. The molecule has 0 spiro atoms. The average Bonchev–Trinajstić information content (AvgIpc) is 2.88. The van der Waals surface area contributed by atoms with Gasteiger partial charge in [-0.2, -0.15) is 0 Å². The molecule has 0 radical (unpaired) electrons. The fourth-order valence-corrected chi connectivity index (χ4v) is 2.51. The normalized spacial score (nSPS) is 21.1. The predicted octanol–water partition coefficient (Wildman–Crippen LogP) is 2.63. The Morgan fingerprint density at radius 1 is 1.38 bits per heavy atom. The number of rotatable bonds is 4. The molecule has 2 unspecified atom stereocenters. The molecule has 1 saturated heterocycles. The fourth-order valence-electron chi connectivity index (χ4n) is 2.34. The monoisotopic (exact) mass is 309 g/mol. The maximum atomic E-state index is 12.2. The molecular weight excluding hydrogens is 290 g/mol. The standard InChI is InChI=1S/C15H20ClN3O2/c1-3-13(20)18-10-4-5-11(16)12(8-10)19-15(21)14-9(2)6-7-17-14/h4-5,8-9,14,17H,3,6-7H2,1-2H3,(H,18,20)(H,19,21). The number of hydrogen-bond acceptors (Lipinski definition) is 3. The van der Waals surface area contributed by atoms with E-state index in [9.17, 15) is 9.59 Å². The maximum absolute atomic E-state index is 12.2. The van der Waals surface area contributed by atoms with Crippen molar-refractivity contribution in [1.82, 2.24) is 5.32 Å². The second-order valence-electron chi connectivity index (χ2n) is 5.28. The number of anilines is 2. The molecule has 2 amide bonds. The smallest absolute Gasteiger partial charge is 0.241 e. The number of carbonyl (C=O) groups is 2. The molecule has 0 aromatic heterocycles. The van der Waals surface area contributed by atoms with Crippen LogP contribution in [0.15, 0.2) is 18.2 Å². The van der Waals surface area contributed by atoms with Crippen LogP contribution in [0, 0.1) is 5.92 Å². The van der Waals surface area contributed by atoms with Crippen molar-refractivity contribution in [2.24, 2.45) is 5.92 Å². The molecule has 0 saturated carbocycles. The Hall–Kier alpha value is -1.59. The summed E-state index contributed by atoms with van der Waals surface area (Å²) in [6.45, 7) is 4.67. The molecule has 1 fully saturated rings. The van der Waals surface area contributed by atoms with Crippen LogP contribution in [-0.4, -0.2) is 24.4 Å². The number of nitrogens with one attached hydrogen (secondary N) is 3. The summed E-state index contributed by atoms with van der Waals surface area (Å²) >= 11 is 6.11. The summed E-state index contributed by atoms with van der Waals surface area (Å²) in [6.07, 6.45) is 1.38. The van der Waals surface area contributed by atoms with Gasteiger partial charge in [-0.1, -0.05) is 25.4 Å². The van der Waals surface area contributed by atoms with Gasteiger partial charge in [0.15, 0.2) is 0 Å². The van der Waals surface area contributed by atoms with E-state index in [1.807, 2.05) is 6.92 Å². The van der Waals surface area contributed by atoms with E-state index in [1.165, 1.54) is 0 Å². The van der Waals surface area contributed by atoms with E-state index in [2.05, 4.69) is 16.0 Å². The van der Waals surface area contributed by atoms with Crippen molar-refractivity contribution in [1.29, 1.82) is 0 Å². The van der Waals surface area contributed by atoms with E-state index in [4.69, 9.17) is 11.6 Å². The zero-order valence-electron chi connectivity index (χ0n) is 12.2. The molecule has 1 aliphatic rings. The lowest BCUT2D eigenvalue weighted by molar-refractivity contribution is -0.118. The lowest BCUT2D eigenvalue weighted by Gasteiger charge is -2.16. The topological polar surface area (TPSA) is 70.2 Å². The van der Waals surface area contributed by atoms with Crippen LogP contribution in [0.4, 0.5) is 11.4 Å². The van der Waals surface area contributed by atoms with Gasteiger partial charge in [-0.15, -0.1) is 0 Å². The van der Waals surface area contributed by atoms with Crippen LogP contribution in [0.3, 0.4) is 0 Å². The largest absolute Gasteiger partial charge is 0.326 e. The van der Waals surface area contributed by atoms with Crippen LogP contribution < -0.4 is 16.0 Å². The van der Waals surface area contributed by atoms with Crippen molar-refractivity contribution in [3.05, 3.63) is 23.2 Å². The van der Waals surface area contributed by atoms with Gasteiger partial charge >= 0.3 is 0 Å². The molecule has 1 aromatic rings. The summed E-state index contributed by atoms with van der Waals surface area (Å²) < 4.78 is 0. The van der Waals surface area contributed by atoms with Crippen molar-refractivity contribution >= 4 is 34.8 Å². The van der Waals surface area contributed by atoms with E-state index >= 15 is 0 Å². The Morgan fingerprint density at radius 2 is 2.14 bits per heavy atom. The molecular formula is C15H20ClN3O2. The number of carbonyl (C=O) groups excluding carboxylic acids is 2. The van der Waals surface area contributed by atoms with E-state index in [1.54, 1.807) is 25.1 Å². The van der Waals surface area contributed by atoms with Gasteiger partial charge in [0, 0.05) is 12.1 Å². The zero-order valence-corrected chi connectivity index (χ0v) is 13.0. The van der Waals surface area contributed by atoms with Gasteiger partial charge < -0.3 is 16.0 Å². The lowest BCUT2D eigenvalue weighted by atomic mass is 10.0. The SMILES string of the molecule is CCC(=O)Nc1ccc(Cl)c(NC(=O)C2NCCC2C)c1. The van der Waals surface area contributed by atoms with Crippen LogP contribution in [0.5, 0.6) is 0 Å². The highest BCUT2D eigenvalue weighted by Gasteiger charge is 2.29. The second-order valence-corrected chi connectivity index (χ2v) is 5.69. The zero-order chi connectivity index (χ0) is 15.4. The minimum Gasteiger partial charge on any atom is -0.326 e. The quantitative estimate of drug-likeness (QED) is 0.800. The number of amides is 2. The molecule has 0 aliphatic carbocycles. The average molecular weight is 310 g/mol. The highest BCUT2D eigenvalue weighted by atomic mass is 35.5. The van der Waals surface area contributed by atoms with Gasteiger partial charge in [-0.3, -0.25) is 9.59 Å².